The Morgan fingerprint density at radius 1 is 0.919 bits per heavy atom. The van der Waals surface area contributed by atoms with Crippen molar-refractivity contribution in [3.05, 3.63) is 108 Å². The average Bonchev–Trinajstić information content (AvgIpc) is 3.65. The Morgan fingerprint density at radius 2 is 1.73 bits per heavy atom. The topological polar surface area (TPSA) is 70.4 Å². The number of ether oxygens (including phenoxy) is 4. The molecule has 0 saturated heterocycles. The van der Waals surface area contributed by atoms with Gasteiger partial charge in [-0.25, -0.2) is 0 Å². The molecule has 0 N–H and O–H groups in total. The van der Waals surface area contributed by atoms with Crippen LogP contribution in [-0.2, 0) is 6.54 Å². The maximum absolute atomic E-state index is 13.4. The smallest absolute Gasteiger partial charge is 0.289 e. The number of amides is 1. The molecule has 0 bridgehead atoms. The van der Waals surface area contributed by atoms with Gasteiger partial charge in [0, 0.05) is 24.6 Å². The lowest BCUT2D eigenvalue weighted by Gasteiger charge is -2.26. The predicted octanol–water partition coefficient (Wildman–Crippen LogP) is 5.89. The molecule has 0 radical (unpaired) electrons. The molecule has 1 atom stereocenters. The first kappa shape index (κ1) is 24.3. The third-order valence-corrected chi connectivity index (χ3v) is 6.55. The molecule has 1 aromatic heterocycles. The number of hydrogen-bond acceptors (Lipinski definition) is 6. The molecule has 2 heterocycles. The number of benzene rings is 3. The number of fused-ring (bicyclic) bond motifs is 1. The van der Waals surface area contributed by atoms with Crippen LogP contribution in [0.25, 0.3) is 0 Å². The second-order valence-corrected chi connectivity index (χ2v) is 8.75. The van der Waals surface area contributed by atoms with E-state index in [2.05, 4.69) is 6.07 Å². The number of nitrogens with zero attached hydrogens (tertiary/aromatic N) is 1. The number of para-hydroxylation sites is 1. The van der Waals surface area contributed by atoms with Crippen molar-refractivity contribution in [2.45, 2.75) is 18.9 Å². The van der Waals surface area contributed by atoms with E-state index in [1.54, 1.807) is 26.4 Å². The van der Waals surface area contributed by atoms with Gasteiger partial charge < -0.3 is 28.3 Å². The molecule has 190 valence electrons. The van der Waals surface area contributed by atoms with Gasteiger partial charge in [0.2, 0.25) is 6.79 Å². The van der Waals surface area contributed by atoms with E-state index in [0.717, 1.165) is 39.7 Å². The fourth-order valence-corrected chi connectivity index (χ4v) is 4.63. The van der Waals surface area contributed by atoms with Crippen LogP contribution in [0.3, 0.4) is 0 Å². The zero-order valence-corrected chi connectivity index (χ0v) is 20.9. The summed E-state index contributed by atoms with van der Waals surface area (Å²) in [6, 6.07) is 25.1. The van der Waals surface area contributed by atoms with Gasteiger partial charge in [-0.2, -0.15) is 0 Å². The van der Waals surface area contributed by atoms with E-state index in [4.69, 9.17) is 23.4 Å². The van der Waals surface area contributed by atoms with Crippen molar-refractivity contribution in [3.8, 4) is 23.0 Å². The second-order valence-electron chi connectivity index (χ2n) is 8.75. The molecule has 1 aliphatic heterocycles. The fraction of sp³-hybridized carbons (Fsp3) is 0.233. The molecule has 0 fully saturated rings. The summed E-state index contributed by atoms with van der Waals surface area (Å²) in [6.07, 6.45) is 2.17. The predicted molar refractivity (Wildman–Crippen MR) is 138 cm³/mol. The van der Waals surface area contributed by atoms with Crippen LogP contribution in [0.2, 0.25) is 0 Å². The van der Waals surface area contributed by atoms with E-state index < -0.39 is 0 Å². The van der Waals surface area contributed by atoms with Crippen molar-refractivity contribution in [2.75, 3.05) is 27.6 Å². The summed E-state index contributed by atoms with van der Waals surface area (Å²) in [6.45, 7) is 1.14. The highest BCUT2D eigenvalue weighted by Gasteiger charge is 2.25. The Bertz CT molecular complexity index is 1330. The van der Waals surface area contributed by atoms with Gasteiger partial charge in [0.05, 0.1) is 20.5 Å². The van der Waals surface area contributed by atoms with Gasteiger partial charge in [-0.05, 0) is 60.0 Å². The molecule has 0 spiro atoms. The van der Waals surface area contributed by atoms with Crippen molar-refractivity contribution in [2.24, 2.45) is 0 Å². The zero-order chi connectivity index (χ0) is 25.6. The average molecular weight is 500 g/mol. The van der Waals surface area contributed by atoms with Gasteiger partial charge in [0.15, 0.2) is 17.3 Å². The third kappa shape index (κ3) is 5.40. The minimum absolute atomic E-state index is 0.0478. The van der Waals surface area contributed by atoms with E-state index >= 15 is 0 Å². The maximum Gasteiger partial charge on any atom is 0.289 e. The van der Waals surface area contributed by atoms with Crippen molar-refractivity contribution >= 4 is 5.91 Å². The standard InChI is InChI=1S/C30H29NO6/c1-33-23-12-9-21(10-13-23)19-31(30(32)28-8-5-17-35-28)16-15-24(25-6-3-4-7-26(25)34-2)22-11-14-27-29(18-22)37-20-36-27/h3-14,17-18,24H,15-16,19-20H2,1-2H3. The number of carbonyl (C=O) groups is 1. The lowest BCUT2D eigenvalue weighted by atomic mass is 9.87. The Hall–Kier alpha value is -4.39. The summed E-state index contributed by atoms with van der Waals surface area (Å²) in [4.78, 5) is 15.3. The summed E-state index contributed by atoms with van der Waals surface area (Å²) in [7, 11) is 3.31. The van der Waals surface area contributed by atoms with Gasteiger partial charge in [-0.15, -0.1) is 0 Å². The number of methoxy groups -OCH3 is 2. The Labute approximate surface area is 216 Å². The maximum atomic E-state index is 13.4. The summed E-state index contributed by atoms with van der Waals surface area (Å²) in [5.41, 5.74) is 3.10. The summed E-state index contributed by atoms with van der Waals surface area (Å²) in [5.74, 6) is 3.12. The molecule has 0 aliphatic carbocycles. The van der Waals surface area contributed by atoms with Gasteiger partial charge in [-0.1, -0.05) is 36.4 Å². The van der Waals surface area contributed by atoms with Crippen LogP contribution in [0.5, 0.6) is 23.0 Å². The number of hydrogen-bond donors (Lipinski definition) is 0. The van der Waals surface area contributed by atoms with Gasteiger partial charge >= 0.3 is 0 Å². The highest BCUT2D eigenvalue weighted by Crippen LogP contribution is 2.40. The molecule has 3 aromatic carbocycles. The molecule has 5 rings (SSSR count). The first-order valence-corrected chi connectivity index (χ1v) is 12.1. The largest absolute Gasteiger partial charge is 0.497 e. The number of carbonyl (C=O) groups excluding carboxylic acids is 1. The van der Waals surface area contributed by atoms with Crippen molar-refractivity contribution in [1.29, 1.82) is 0 Å². The monoisotopic (exact) mass is 499 g/mol. The molecular weight excluding hydrogens is 470 g/mol. The Kier molecular flexibility index (Phi) is 7.31. The second kappa shape index (κ2) is 11.1. The highest BCUT2D eigenvalue weighted by atomic mass is 16.7. The molecule has 7 nitrogen and oxygen atoms in total. The fourth-order valence-electron chi connectivity index (χ4n) is 4.63. The van der Waals surface area contributed by atoms with E-state index in [0.29, 0.717) is 25.3 Å². The number of furan rings is 1. The van der Waals surface area contributed by atoms with Crippen LogP contribution < -0.4 is 18.9 Å². The molecule has 1 aliphatic rings. The van der Waals surface area contributed by atoms with E-state index in [-0.39, 0.29) is 18.6 Å². The van der Waals surface area contributed by atoms with E-state index in [9.17, 15) is 4.79 Å². The van der Waals surface area contributed by atoms with Crippen LogP contribution in [0.15, 0.2) is 89.5 Å². The minimum atomic E-state index is -0.162. The van der Waals surface area contributed by atoms with Crippen LogP contribution in [0, 0.1) is 0 Å². The first-order chi connectivity index (χ1) is 18.2. The highest BCUT2D eigenvalue weighted by molar-refractivity contribution is 5.91. The van der Waals surface area contributed by atoms with Gasteiger partial charge in [0.1, 0.15) is 11.5 Å². The Balaban J connectivity index is 1.45. The third-order valence-electron chi connectivity index (χ3n) is 6.55. The van der Waals surface area contributed by atoms with Crippen molar-refractivity contribution < 1.29 is 28.2 Å². The van der Waals surface area contributed by atoms with Crippen LogP contribution in [0.1, 0.15) is 39.6 Å². The van der Waals surface area contributed by atoms with Gasteiger partial charge in [0.25, 0.3) is 5.91 Å². The minimum Gasteiger partial charge on any atom is -0.497 e. The molecule has 4 aromatic rings. The van der Waals surface area contributed by atoms with Crippen molar-refractivity contribution in [1.82, 2.24) is 4.90 Å². The normalized spacial score (nSPS) is 12.7. The molecular formula is C30H29NO6. The zero-order valence-electron chi connectivity index (χ0n) is 20.9. The summed E-state index contributed by atoms with van der Waals surface area (Å²) < 4.78 is 27.6. The molecule has 1 amide bonds. The van der Waals surface area contributed by atoms with Gasteiger partial charge in [-0.3, -0.25) is 4.79 Å². The Morgan fingerprint density at radius 3 is 2.49 bits per heavy atom. The molecule has 7 heteroatoms. The van der Waals surface area contributed by atoms with Crippen LogP contribution in [0.4, 0.5) is 0 Å². The van der Waals surface area contributed by atoms with Crippen molar-refractivity contribution in [3.63, 3.8) is 0 Å². The molecule has 1 unspecified atom stereocenters. The summed E-state index contributed by atoms with van der Waals surface area (Å²) >= 11 is 0. The molecule has 37 heavy (non-hydrogen) atoms. The SMILES string of the molecule is COc1ccc(CN(CCC(c2ccc3c(c2)OCO3)c2ccccc2OC)C(=O)c2ccco2)cc1. The van der Waals surface area contributed by atoms with E-state index in [1.807, 2.05) is 65.6 Å². The van der Waals surface area contributed by atoms with Crippen LogP contribution >= 0.6 is 0 Å². The summed E-state index contributed by atoms with van der Waals surface area (Å²) in [5, 5.41) is 0. The van der Waals surface area contributed by atoms with Crippen LogP contribution in [-0.4, -0.2) is 38.4 Å². The lowest BCUT2D eigenvalue weighted by Crippen LogP contribution is -2.32. The number of rotatable bonds is 10. The first-order valence-electron chi connectivity index (χ1n) is 12.1. The van der Waals surface area contributed by atoms with E-state index in [1.165, 1.54) is 6.26 Å². The quantitative estimate of drug-likeness (QED) is 0.271. The lowest BCUT2D eigenvalue weighted by molar-refractivity contribution is 0.0707. The molecule has 0 saturated carbocycles.